The fraction of sp³-hybridized carbons (Fsp3) is 0. The van der Waals surface area contributed by atoms with Gasteiger partial charge >= 0.3 is 0 Å². The normalized spacial score (nSPS) is 11.4. The third kappa shape index (κ3) is 14.8. The van der Waals surface area contributed by atoms with Crippen LogP contribution in [0.5, 0.6) is 0 Å². The summed E-state index contributed by atoms with van der Waals surface area (Å²) in [6.07, 6.45) is 0. The first-order valence-electron chi connectivity index (χ1n) is 43.4. The number of hydrogen-bond acceptors (Lipinski definition) is 10. The van der Waals surface area contributed by atoms with Gasteiger partial charge in [0.25, 0.3) is 0 Å². The third-order valence-electron chi connectivity index (χ3n) is 24.0. The molecule has 12 nitrogen and oxygen atoms in total. The molecule has 0 saturated heterocycles. The van der Waals surface area contributed by atoms with E-state index in [-0.39, 0.29) is 0 Å². The van der Waals surface area contributed by atoms with Crippen LogP contribution in [0.4, 0.5) is 0 Å². The Balaban J connectivity index is 0.000000112. The van der Waals surface area contributed by atoms with Gasteiger partial charge in [-0.05, 0) is 130 Å². The number of aromatic nitrogens is 12. The van der Waals surface area contributed by atoms with Gasteiger partial charge in [0.05, 0.1) is 33.1 Å². The van der Waals surface area contributed by atoms with Crippen LogP contribution in [0.3, 0.4) is 0 Å². The molecule has 0 radical (unpaired) electrons. The molecular formula is C117H76N12S. The summed E-state index contributed by atoms with van der Waals surface area (Å²) in [5.74, 6) is 5.79. The first-order valence-corrected chi connectivity index (χ1v) is 44.2. The van der Waals surface area contributed by atoms with Crippen molar-refractivity contribution in [3.05, 3.63) is 461 Å². The highest BCUT2D eigenvalue weighted by Gasteiger charge is 2.23. The van der Waals surface area contributed by atoms with Crippen molar-refractivity contribution in [1.29, 1.82) is 0 Å². The molecule has 0 fully saturated rings. The summed E-state index contributed by atoms with van der Waals surface area (Å²) in [7, 11) is 0. The topological polar surface area (TPSA) is 131 Å². The summed E-state index contributed by atoms with van der Waals surface area (Å²) in [6, 6.07) is 160. The molecule has 0 aliphatic rings. The van der Waals surface area contributed by atoms with E-state index in [1.807, 2.05) is 169 Å². The number of nitrogens with zero attached hydrogens (tertiary/aromatic N) is 12. The van der Waals surface area contributed by atoms with Crippen LogP contribution in [0.1, 0.15) is 0 Å². The fourth-order valence-electron chi connectivity index (χ4n) is 17.8. The van der Waals surface area contributed by atoms with Gasteiger partial charge in [-0.3, -0.25) is 4.57 Å². The highest BCUT2D eigenvalue weighted by Crippen LogP contribution is 2.44. The predicted molar refractivity (Wildman–Crippen MR) is 535 cm³/mol. The van der Waals surface area contributed by atoms with Gasteiger partial charge in [0.1, 0.15) is 0 Å². The van der Waals surface area contributed by atoms with Gasteiger partial charge in [-0.2, -0.15) is 9.97 Å². The molecule has 0 spiro atoms. The molecule has 0 aliphatic carbocycles. The van der Waals surface area contributed by atoms with Crippen molar-refractivity contribution in [3.63, 3.8) is 0 Å². The van der Waals surface area contributed by atoms with E-state index < -0.39 is 0 Å². The Kier molecular flexibility index (Phi) is 20.2. The SMILES string of the molecule is c1ccc(-c2ccc(-c3nc(-c4ccccc4)nc(-c4ccc(-n5c6ccccc6c6ccccc65)cc4)n3)cc2)cc1.c1ccc(-c2nc(-c3ccccc3)nc(-c3ccc(-n4c5ccccc5c5ccccc54)cc3)n2)cc1.c1ccc(-c2nc(-c3ccccc3)nc(-n3c4ccccc4c4ccc(-c5cccc(-c6cccc7c6sc6ccccc67)c5)cc43)n2)cc1. The Morgan fingerprint density at radius 1 is 0.154 bits per heavy atom. The molecule has 0 atom stereocenters. The molecular weight excluding hydrogens is 1610 g/mol. The summed E-state index contributed by atoms with van der Waals surface area (Å²) in [6.45, 7) is 0. The Morgan fingerprint density at radius 2 is 0.408 bits per heavy atom. The van der Waals surface area contributed by atoms with Crippen LogP contribution >= 0.6 is 11.3 Å². The van der Waals surface area contributed by atoms with Gasteiger partial charge in [0.2, 0.25) is 5.95 Å². The average Bonchev–Trinajstić information content (AvgIpc) is 1.61. The molecule has 0 amide bonds. The van der Waals surface area contributed by atoms with Crippen molar-refractivity contribution < 1.29 is 0 Å². The highest BCUT2D eigenvalue weighted by atomic mass is 32.1. The molecule has 7 heterocycles. The number of fused-ring (bicyclic) bond motifs is 12. The number of rotatable bonds is 14. The van der Waals surface area contributed by atoms with Crippen LogP contribution in [0, 0.1) is 0 Å². The minimum Gasteiger partial charge on any atom is -0.309 e. The standard InChI is InChI=1S/C45H28N4S.C39H26N4.C33H22N4/c1-3-13-29(14-4-1)43-46-44(30-15-5-2-6-16-30)48-45(47-43)49-39-23-9-7-19-35(39)36-26-25-32(28-40(36)49)31-17-11-18-33(27-31)34-21-12-22-38-37-20-8-10-24-41(37)50-42(34)38;1-3-11-27(12-4-1)28-19-21-30(22-20-28)38-40-37(29-13-5-2-6-14-29)41-39(42-38)31-23-25-32(26-24-31)43-35-17-9-7-15-33(35)34-16-8-10-18-36(34)43;1-3-11-23(12-4-1)31-34-32(24-13-5-2-6-14-24)36-33(35-31)25-19-21-26(22-20-25)37-29-17-9-7-15-27(29)28-16-8-10-18-30(28)37/h1-28H;1-26H;1-22H. The number of hydrogen-bond donors (Lipinski definition) is 0. The van der Waals surface area contributed by atoms with E-state index >= 15 is 0 Å². The second kappa shape index (κ2) is 33.9. The quantitative estimate of drug-likeness (QED) is 0.104. The first-order chi connectivity index (χ1) is 64.4. The lowest BCUT2D eigenvalue weighted by atomic mass is 9.97. The van der Waals surface area contributed by atoms with Gasteiger partial charge in [0, 0.05) is 108 Å². The zero-order valence-corrected chi connectivity index (χ0v) is 71.0. The maximum Gasteiger partial charge on any atom is 0.238 e. The summed E-state index contributed by atoms with van der Waals surface area (Å²) >= 11 is 1.87. The zero-order chi connectivity index (χ0) is 86.2. The van der Waals surface area contributed by atoms with Gasteiger partial charge in [-0.25, -0.2) is 34.9 Å². The average molecular weight is 1680 g/mol. The van der Waals surface area contributed by atoms with Crippen LogP contribution in [0.2, 0.25) is 0 Å². The number of para-hydroxylation sites is 5. The highest BCUT2D eigenvalue weighted by molar-refractivity contribution is 7.26. The van der Waals surface area contributed by atoms with E-state index in [1.165, 1.54) is 80.5 Å². The smallest absolute Gasteiger partial charge is 0.238 e. The maximum atomic E-state index is 5.12. The van der Waals surface area contributed by atoms with Crippen molar-refractivity contribution in [2.75, 3.05) is 0 Å². The molecule has 610 valence electrons. The largest absolute Gasteiger partial charge is 0.309 e. The molecule has 18 aromatic carbocycles. The first kappa shape index (κ1) is 77.4. The Labute approximate surface area is 753 Å². The van der Waals surface area contributed by atoms with Gasteiger partial charge in [-0.15, -0.1) is 11.3 Å². The number of benzene rings is 18. The molecule has 25 rings (SSSR count). The number of thiophene rings is 1. The second-order valence-corrected chi connectivity index (χ2v) is 33.0. The molecule has 0 N–H and O–H groups in total. The molecule has 0 bridgehead atoms. The minimum atomic E-state index is 0.589. The Hall–Kier alpha value is -17.4. The van der Waals surface area contributed by atoms with Crippen LogP contribution in [-0.4, -0.2) is 58.6 Å². The van der Waals surface area contributed by atoms with E-state index in [0.29, 0.717) is 52.5 Å². The predicted octanol–water partition coefficient (Wildman–Crippen LogP) is 29.6. The van der Waals surface area contributed by atoms with Gasteiger partial charge < -0.3 is 9.13 Å². The van der Waals surface area contributed by atoms with Crippen molar-refractivity contribution in [2.45, 2.75) is 0 Å². The Morgan fingerprint density at radius 3 is 0.800 bits per heavy atom. The molecule has 130 heavy (non-hydrogen) atoms. The summed E-state index contributed by atoms with van der Waals surface area (Å²) < 4.78 is 9.45. The Bertz CT molecular complexity index is 8280. The zero-order valence-electron chi connectivity index (χ0n) is 70.2. The van der Waals surface area contributed by atoms with E-state index in [0.717, 1.165) is 94.4 Å². The molecule has 25 aromatic rings. The van der Waals surface area contributed by atoms with Crippen LogP contribution in [-0.2, 0) is 0 Å². The summed E-state index contributed by atoms with van der Waals surface area (Å²) in [5.41, 5.74) is 23.7. The van der Waals surface area contributed by atoms with E-state index in [1.54, 1.807) is 0 Å². The third-order valence-corrected chi connectivity index (χ3v) is 25.2. The van der Waals surface area contributed by atoms with Crippen LogP contribution in [0.25, 0.3) is 227 Å². The molecule has 0 unspecified atom stereocenters. The van der Waals surface area contributed by atoms with Crippen molar-refractivity contribution in [1.82, 2.24) is 58.6 Å². The second-order valence-electron chi connectivity index (χ2n) is 31.9. The lowest BCUT2D eigenvalue weighted by Gasteiger charge is -2.12. The maximum absolute atomic E-state index is 5.12. The fourth-order valence-corrected chi connectivity index (χ4v) is 19.0. The van der Waals surface area contributed by atoms with E-state index in [2.05, 4.69) is 317 Å². The van der Waals surface area contributed by atoms with Gasteiger partial charge in [-0.1, -0.05) is 364 Å². The van der Waals surface area contributed by atoms with E-state index in [4.69, 9.17) is 44.9 Å². The summed E-state index contributed by atoms with van der Waals surface area (Å²) in [5, 5.41) is 9.92. The van der Waals surface area contributed by atoms with Crippen LogP contribution < -0.4 is 0 Å². The van der Waals surface area contributed by atoms with Crippen molar-refractivity contribution in [3.8, 4) is 142 Å². The summed E-state index contributed by atoms with van der Waals surface area (Å²) in [4.78, 5) is 44.5. The monoisotopic (exact) mass is 1680 g/mol. The lowest BCUT2D eigenvalue weighted by molar-refractivity contribution is 0.953. The van der Waals surface area contributed by atoms with Crippen molar-refractivity contribution in [2.24, 2.45) is 0 Å². The molecule has 0 saturated carbocycles. The molecule has 0 aliphatic heterocycles. The molecule has 7 aromatic heterocycles. The van der Waals surface area contributed by atoms with Crippen molar-refractivity contribution >= 4 is 96.9 Å². The molecule has 13 heteroatoms. The van der Waals surface area contributed by atoms with Crippen LogP contribution in [0.15, 0.2) is 461 Å². The van der Waals surface area contributed by atoms with E-state index in [9.17, 15) is 0 Å². The minimum absolute atomic E-state index is 0.589. The van der Waals surface area contributed by atoms with Gasteiger partial charge in [0.15, 0.2) is 46.6 Å². The lowest BCUT2D eigenvalue weighted by Crippen LogP contribution is -2.06.